The predicted molar refractivity (Wildman–Crippen MR) is 274 cm³/mol. The zero-order valence-corrected chi connectivity index (χ0v) is 42.6. The number of hydrogen-bond acceptors (Lipinski definition) is 10. The summed E-state index contributed by atoms with van der Waals surface area (Å²) in [5, 5.41) is 54.0. The van der Waals surface area contributed by atoms with E-state index in [0.717, 1.165) is 89.9 Å². The Balaban J connectivity index is 2.09. The molecule has 0 radical (unpaired) electrons. The van der Waals surface area contributed by atoms with Crippen molar-refractivity contribution >= 4 is 11.9 Å². The summed E-state index contributed by atoms with van der Waals surface area (Å²) in [6.45, 7) is 4.05. The third kappa shape index (κ3) is 36.3. The minimum absolute atomic E-state index is 0.0143. The normalized spacial score (nSPS) is 19.9. The smallest absolute Gasteiger partial charge is 0.305 e. The van der Waals surface area contributed by atoms with E-state index in [1.54, 1.807) is 6.08 Å². The van der Waals surface area contributed by atoms with E-state index in [9.17, 15) is 35.1 Å². The van der Waals surface area contributed by atoms with Crippen molar-refractivity contribution in [1.82, 2.24) is 5.32 Å². The number of carbonyl (C=O) groups excluding carboxylic acids is 2. The molecule has 1 rings (SSSR count). The van der Waals surface area contributed by atoms with E-state index >= 15 is 0 Å². The molecule has 1 amide bonds. The molecule has 0 bridgehead atoms. The Morgan fingerprint density at radius 1 is 0.567 bits per heavy atom. The first-order valence-corrected chi connectivity index (χ1v) is 27.4. The van der Waals surface area contributed by atoms with Crippen LogP contribution in [-0.4, -0.2) is 100 Å². The monoisotopic (exact) mass is 948 g/mol. The molecule has 0 aliphatic carbocycles. The van der Waals surface area contributed by atoms with Gasteiger partial charge in [-0.2, -0.15) is 0 Å². The van der Waals surface area contributed by atoms with Gasteiger partial charge >= 0.3 is 5.97 Å². The SMILES string of the molecule is C/C=C/CC/C=C/CC/C=C/C(O)C(COC1OC(CO)C(O)C(O)C1O)NC(=O)CCCCCCC/C=C\CCCCCCCCCCCOC(=O)CCCCCCCCCCCCCC. The topological polar surface area (TPSA) is 175 Å². The lowest BCUT2D eigenvalue weighted by Crippen LogP contribution is -2.60. The van der Waals surface area contributed by atoms with Gasteiger partial charge in [0.05, 0.1) is 32.0 Å². The lowest BCUT2D eigenvalue weighted by atomic mass is 9.99. The van der Waals surface area contributed by atoms with Crippen molar-refractivity contribution in [1.29, 1.82) is 0 Å². The van der Waals surface area contributed by atoms with Crippen LogP contribution in [0, 0.1) is 0 Å². The van der Waals surface area contributed by atoms with Crippen LogP contribution in [-0.2, 0) is 23.8 Å². The van der Waals surface area contributed by atoms with Crippen LogP contribution in [0.25, 0.3) is 0 Å². The molecule has 0 saturated carbocycles. The summed E-state index contributed by atoms with van der Waals surface area (Å²) in [6.07, 6.45) is 46.6. The molecule has 1 aliphatic rings. The highest BCUT2D eigenvalue weighted by Crippen LogP contribution is 2.23. The predicted octanol–water partition coefficient (Wildman–Crippen LogP) is 11.7. The molecule has 0 aromatic rings. The Labute approximate surface area is 408 Å². The largest absolute Gasteiger partial charge is 0.466 e. The number of rotatable bonds is 46. The maximum atomic E-state index is 12.9. The lowest BCUT2D eigenvalue weighted by Gasteiger charge is -2.40. The maximum Gasteiger partial charge on any atom is 0.305 e. The van der Waals surface area contributed by atoms with Gasteiger partial charge in [0.15, 0.2) is 6.29 Å². The van der Waals surface area contributed by atoms with Crippen molar-refractivity contribution in [3.8, 4) is 0 Å². The van der Waals surface area contributed by atoms with E-state index in [1.165, 1.54) is 109 Å². The maximum absolute atomic E-state index is 12.9. The lowest BCUT2D eigenvalue weighted by molar-refractivity contribution is -0.302. The number of nitrogens with one attached hydrogen (secondary N) is 1. The minimum Gasteiger partial charge on any atom is -0.466 e. The van der Waals surface area contributed by atoms with Crippen molar-refractivity contribution in [2.45, 2.75) is 275 Å². The Morgan fingerprint density at radius 3 is 1.57 bits per heavy atom. The van der Waals surface area contributed by atoms with E-state index in [-0.39, 0.29) is 18.5 Å². The first kappa shape index (κ1) is 62.6. The molecule has 1 saturated heterocycles. The fourth-order valence-corrected chi connectivity index (χ4v) is 8.35. The number of hydrogen-bond donors (Lipinski definition) is 6. The van der Waals surface area contributed by atoms with E-state index in [1.807, 2.05) is 19.1 Å². The molecule has 11 heteroatoms. The number of carbonyl (C=O) groups is 2. The number of allylic oxidation sites excluding steroid dienone is 7. The van der Waals surface area contributed by atoms with Gasteiger partial charge in [-0.3, -0.25) is 9.59 Å². The van der Waals surface area contributed by atoms with Crippen molar-refractivity contribution in [3.63, 3.8) is 0 Å². The highest BCUT2D eigenvalue weighted by Gasteiger charge is 2.44. The quantitative estimate of drug-likeness (QED) is 0.0196. The van der Waals surface area contributed by atoms with Crippen molar-refractivity contribution < 1.29 is 49.3 Å². The standard InChI is InChI=1S/C56H101NO10/c1-3-5-7-9-11-13-14-24-28-32-36-40-44-52(61)65-45-41-37-33-29-25-22-20-18-16-15-17-19-21-23-27-31-35-39-43-51(60)57-48(49(59)42-38-34-30-26-12-10-8-6-4-2)47-66-56-55(64)54(63)53(62)50(46-58)67-56/h4,6,12,17,19,26,38,42,48-50,53-56,58-59,62-64H,3,5,7-11,13-16,18,20-25,27-37,39-41,43-47H2,1-2H3,(H,57,60)/b6-4+,19-17-,26-12+,42-38+. The van der Waals surface area contributed by atoms with E-state index in [0.29, 0.717) is 25.9 Å². The third-order valence-electron chi connectivity index (χ3n) is 12.7. The van der Waals surface area contributed by atoms with Gasteiger partial charge in [0.1, 0.15) is 24.4 Å². The summed E-state index contributed by atoms with van der Waals surface area (Å²) >= 11 is 0. The summed E-state index contributed by atoms with van der Waals surface area (Å²) in [6, 6.07) is -0.843. The van der Waals surface area contributed by atoms with Crippen LogP contribution in [0.2, 0.25) is 0 Å². The van der Waals surface area contributed by atoms with Gasteiger partial charge in [0, 0.05) is 12.8 Å². The second-order valence-electron chi connectivity index (χ2n) is 18.9. The minimum atomic E-state index is -1.58. The van der Waals surface area contributed by atoms with Gasteiger partial charge in [-0.25, -0.2) is 0 Å². The zero-order valence-electron chi connectivity index (χ0n) is 42.6. The molecular weight excluding hydrogens is 847 g/mol. The van der Waals surface area contributed by atoms with Crippen LogP contribution in [0.1, 0.15) is 232 Å². The van der Waals surface area contributed by atoms with Crippen LogP contribution in [0.15, 0.2) is 48.6 Å². The first-order valence-electron chi connectivity index (χ1n) is 27.4. The molecule has 6 N–H and O–H groups in total. The summed E-state index contributed by atoms with van der Waals surface area (Å²) in [7, 11) is 0. The van der Waals surface area contributed by atoms with Gasteiger partial charge < -0.3 is 45.1 Å². The second-order valence-corrected chi connectivity index (χ2v) is 18.9. The molecule has 67 heavy (non-hydrogen) atoms. The third-order valence-corrected chi connectivity index (χ3v) is 12.7. The Hall–Kier alpha value is -2.38. The van der Waals surface area contributed by atoms with Crippen molar-refractivity contribution in [3.05, 3.63) is 48.6 Å². The van der Waals surface area contributed by atoms with Gasteiger partial charge in [-0.15, -0.1) is 0 Å². The number of ether oxygens (including phenoxy) is 3. The van der Waals surface area contributed by atoms with E-state index in [4.69, 9.17) is 14.2 Å². The summed E-state index contributed by atoms with van der Waals surface area (Å²) in [5.41, 5.74) is 0. The number of aliphatic hydroxyl groups is 5. The van der Waals surface area contributed by atoms with Gasteiger partial charge in [-0.05, 0) is 77.6 Å². The van der Waals surface area contributed by atoms with Crippen LogP contribution in [0.5, 0.6) is 0 Å². The van der Waals surface area contributed by atoms with E-state index in [2.05, 4.69) is 42.6 Å². The van der Waals surface area contributed by atoms with Crippen LogP contribution >= 0.6 is 0 Å². The van der Waals surface area contributed by atoms with Crippen LogP contribution in [0.4, 0.5) is 0 Å². The molecule has 1 fully saturated rings. The fourth-order valence-electron chi connectivity index (χ4n) is 8.35. The second kappa shape index (κ2) is 46.0. The molecule has 0 aromatic heterocycles. The summed E-state index contributed by atoms with van der Waals surface area (Å²) in [5.74, 6) is -0.229. The molecule has 7 unspecified atom stereocenters. The molecule has 11 nitrogen and oxygen atoms in total. The summed E-state index contributed by atoms with van der Waals surface area (Å²) in [4.78, 5) is 25.0. The van der Waals surface area contributed by atoms with Crippen molar-refractivity contribution in [2.24, 2.45) is 0 Å². The van der Waals surface area contributed by atoms with Crippen LogP contribution < -0.4 is 5.32 Å². The number of amides is 1. The fraction of sp³-hybridized carbons (Fsp3) is 0.821. The Bertz CT molecular complexity index is 1250. The highest BCUT2D eigenvalue weighted by atomic mass is 16.7. The van der Waals surface area contributed by atoms with Gasteiger partial charge in [0.2, 0.25) is 5.91 Å². The molecule has 390 valence electrons. The molecule has 0 spiro atoms. The Morgan fingerprint density at radius 2 is 1.03 bits per heavy atom. The first-order chi connectivity index (χ1) is 32.7. The number of aliphatic hydroxyl groups excluding tert-OH is 5. The Kier molecular flexibility index (Phi) is 43.0. The van der Waals surface area contributed by atoms with Gasteiger partial charge in [0.25, 0.3) is 0 Å². The molecular formula is C56H101NO10. The summed E-state index contributed by atoms with van der Waals surface area (Å²) < 4.78 is 16.6. The van der Waals surface area contributed by atoms with Gasteiger partial charge in [-0.1, -0.05) is 190 Å². The number of esters is 1. The number of unbranched alkanes of at least 4 members (excludes halogenated alkanes) is 27. The average Bonchev–Trinajstić information content (AvgIpc) is 3.32. The highest BCUT2D eigenvalue weighted by molar-refractivity contribution is 5.76. The zero-order chi connectivity index (χ0) is 48.8. The molecule has 0 aromatic carbocycles. The molecule has 1 heterocycles. The molecule has 7 atom stereocenters. The van der Waals surface area contributed by atoms with Crippen LogP contribution in [0.3, 0.4) is 0 Å². The van der Waals surface area contributed by atoms with E-state index < -0.39 is 49.5 Å². The molecule has 1 aliphatic heterocycles. The van der Waals surface area contributed by atoms with Crippen molar-refractivity contribution in [2.75, 3.05) is 19.8 Å². The average molecular weight is 948 g/mol.